The molecule has 1 heterocycles. The molecule has 0 aromatic heterocycles. The van der Waals surface area contributed by atoms with Crippen molar-refractivity contribution in [1.29, 1.82) is 0 Å². The van der Waals surface area contributed by atoms with Crippen LogP contribution in [-0.2, 0) is 9.59 Å². The number of halogens is 1. The number of rotatable bonds is 2. The lowest BCUT2D eigenvalue weighted by molar-refractivity contribution is -0.121. The Bertz CT molecular complexity index is 567. The molecule has 0 unspecified atom stereocenters. The van der Waals surface area contributed by atoms with E-state index in [1.54, 1.807) is 13.0 Å². The second-order valence-electron chi connectivity index (χ2n) is 4.12. The molecule has 1 saturated heterocycles. The quantitative estimate of drug-likeness (QED) is 0.827. The molecule has 94 valence electrons. The maximum Gasteiger partial charge on any atom is 0.337 e. The molecule has 1 aromatic rings. The number of ketones is 1. The second kappa shape index (κ2) is 4.42. The predicted molar refractivity (Wildman–Crippen MR) is 65.1 cm³/mol. The van der Waals surface area contributed by atoms with Gasteiger partial charge in [-0.05, 0) is 24.6 Å². The Labute approximate surface area is 108 Å². The number of nitrogens with zero attached hydrogens (tertiary/aromatic N) is 1. The molecule has 1 fully saturated rings. The van der Waals surface area contributed by atoms with Gasteiger partial charge in [0, 0.05) is 5.02 Å². The number of carbonyl (C=O) groups excluding carboxylic acids is 2. The average Bonchev–Trinajstić information content (AvgIpc) is 2.56. The van der Waals surface area contributed by atoms with Crippen LogP contribution < -0.4 is 4.90 Å². The molecule has 0 saturated carbocycles. The van der Waals surface area contributed by atoms with Gasteiger partial charge in [-0.25, -0.2) is 4.79 Å². The highest BCUT2D eigenvalue weighted by molar-refractivity contribution is 6.31. The van der Waals surface area contributed by atoms with E-state index in [2.05, 4.69) is 0 Å². The number of benzene rings is 1. The number of amides is 1. The number of hydrogen-bond donors (Lipinski definition) is 1. The van der Waals surface area contributed by atoms with Crippen LogP contribution in [0.15, 0.2) is 12.1 Å². The minimum Gasteiger partial charge on any atom is -0.478 e. The molecule has 1 N–H and O–H groups in total. The summed E-state index contributed by atoms with van der Waals surface area (Å²) in [5.41, 5.74) is 0.744. The number of Topliss-reactive ketones (excluding diaryl/α,β-unsaturated/α-hetero) is 1. The average molecular weight is 268 g/mol. The number of carbonyl (C=O) groups is 3. The van der Waals surface area contributed by atoms with E-state index in [0.29, 0.717) is 5.56 Å². The Hall–Kier alpha value is -1.88. The van der Waals surface area contributed by atoms with Crippen LogP contribution in [0.3, 0.4) is 0 Å². The minimum atomic E-state index is -1.18. The first-order valence-electron chi connectivity index (χ1n) is 5.25. The van der Waals surface area contributed by atoms with Gasteiger partial charge in [0.15, 0.2) is 5.78 Å². The maximum absolute atomic E-state index is 11.7. The van der Waals surface area contributed by atoms with E-state index in [0.717, 1.165) is 0 Å². The van der Waals surface area contributed by atoms with E-state index in [1.807, 2.05) is 0 Å². The summed E-state index contributed by atoms with van der Waals surface area (Å²) in [7, 11) is 0. The lowest BCUT2D eigenvalue weighted by atomic mass is 10.1. The largest absolute Gasteiger partial charge is 0.478 e. The van der Waals surface area contributed by atoms with Gasteiger partial charge in [-0.3, -0.25) is 9.59 Å². The van der Waals surface area contributed by atoms with Gasteiger partial charge in [0.2, 0.25) is 5.91 Å². The van der Waals surface area contributed by atoms with Crippen LogP contribution in [0.25, 0.3) is 0 Å². The fraction of sp³-hybridized carbons (Fsp3) is 0.250. The van der Waals surface area contributed by atoms with Crippen LogP contribution in [0.4, 0.5) is 5.69 Å². The Balaban J connectivity index is 2.59. The zero-order valence-corrected chi connectivity index (χ0v) is 10.3. The summed E-state index contributed by atoms with van der Waals surface area (Å²) >= 11 is 5.80. The first kappa shape index (κ1) is 12.6. The van der Waals surface area contributed by atoms with Gasteiger partial charge in [-0.15, -0.1) is 0 Å². The molecule has 1 amide bonds. The van der Waals surface area contributed by atoms with Crippen LogP contribution in [0, 0.1) is 6.92 Å². The summed E-state index contributed by atoms with van der Waals surface area (Å²) in [5.74, 6) is -1.78. The topological polar surface area (TPSA) is 74.7 Å². The molecule has 0 spiro atoms. The van der Waals surface area contributed by atoms with E-state index in [-0.39, 0.29) is 40.9 Å². The third-order valence-corrected chi connectivity index (χ3v) is 2.97. The van der Waals surface area contributed by atoms with E-state index in [9.17, 15) is 14.4 Å². The first-order valence-corrected chi connectivity index (χ1v) is 5.63. The van der Waals surface area contributed by atoms with Gasteiger partial charge in [-0.1, -0.05) is 11.6 Å². The van der Waals surface area contributed by atoms with Crippen molar-refractivity contribution in [2.45, 2.75) is 13.3 Å². The fourth-order valence-corrected chi connectivity index (χ4v) is 2.32. The molecule has 18 heavy (non-hydrogen) atoms. The summed E-state index contributed by atoms with van der Waals surface area (Å²) in [6.07, 6.45) is -0.179. The summed E-state index contributed by atoms with van der Waals surface area (Å²) < 4.78 is 0. The number of hydrogen-bond acceptors (Lipinski definition) is 3. The molecule has 1 aromatic carbocycles. The second-order valence-corrected chi connectivity index (χ2v) is 4.56. The van der Waals surface area contributed by atoms with Crippen LogP contribution >= 0.6 is 11.6 Å². The number of carboxylic acids is 1. The summed E-state index contributed by atoms with van der Waals surface area (Å²) in [4.78, 5) is 35.3. The molecule has 5 nitrogen and oxygen atoms in total. The molecule has 2 rings (SSSR count). The van der Waals surface area contributed by atoms with E-state index in [1.165, 1.54) is 11.0 Å². The number of anilines is 1. The highest BCUT2D eigenvalue weighted by Crippen LogP contribution is 2.31. The van der Waals surface area contributed by atoms with Crippen molar-refractivity contribution in [2.24, 2.45) is 0 Å². The minimum absolute atomic E-state index is 0.0666. The van der Waals surface area contributed by atoms with Gasteiger partial charge in [0.1, 0.15) is 0 Å². The van der Waals surface area contributed by atoms with Gasteiger partial charge < -0.3 is 10.0 Å². The van der Waals surface area contributed by atoms with E-state index in [4.69, 9.17) is 16.7 Å². The third kappa shape index (κ3) is 2.09. The van der Waals surface area contributed by atoms with E-state index >= 15 is 0 Å². The van der Waals surface area contributed by atoms with Crippen LogP contribution in [0.1, 0.15) is 22.3 Å². The van der Waals surface area contributed by atoms with Gasteiger partial charge in [0.25, 0.3) is 0 Å². The molecular weight excluding hydrogens is 258 g/mol. The Morgan fingerprint density at radius 2 is 2.06 bits per heavy atom. The molecule has 0 aliphatic carbocycles. The van der Waals surface area contributed by atoms with Crippen molar-refractivity contribution in [3.8, 4) is 0 Å². The Morgan fingerprint density at radius 1 is 1.39 bits per heavy atom. The summed E-state index contributed by atoms with van der Waals surface area (Å²) in [6, 6.07) is 2.85. The molecule has 6 heteroatoms. The third-order valence-electron chi connectivity index (χ3n) is 2.75. The lowest BCUT2D eigenvalue weighted by Crippen LogP contribution is -2.27. The molecule has 0 bridgehead atoms. The lowest BCUT2D eigenvalue weighted by Gasteiger charge is -2.20. The number of aromatic carboxylic acids is 1. The van der Waals surface area contributed by atoms with Gasteiger partial charge in [0.05, 0.1) is 24.2 Å². The predicted octanol–water partition coefficient (Wildman–Crippen LogP) is 1.65. The Kier molecular flexibility index (Phi) is 3.09. The zero-order valence-electron chi connectivity index (χ0n) is 9.57. The summed E-state index contributed by atoms with van der Waals surface area (Å²) in [6.45, 7) is 1.57. The highest BCUT2D eigenvalue weighted by Gasteiger charge is 2.32. The smallest absolute Gasteiger partial charge is 0.337 e. The van der Waals surface area contributed by atoms with Crippen LogP contribution in [0.5, 0.6) is 0 Å². The molecule has 1 aliphatic rings. The highest BCUT2D eigenvalue weighted by atomic mass is 35.5. The molecule has 0 atom stereocenters. The monoisotopic (exact) mass is 267 g/mol. The SMILES string of the molecule is Cc1cc(Cl)cc(C(=O)O)c1N1CC(=O)CC1=O. The Morgan fingerprint density at radius 3 is 2.56 bits per heavy atom. The molecular formula is C12H10ClNO4. The zero-order chi connectivity index (χ0) is 13.4. The van der Waals surface area contributed by atoms with Gasteiger partial charge in [-0.2, -0.15) is 0 Å². The van der Waals surface area contributed by atoms with Crippen molar-refractivity contribution in [3.05, 3.63) is 28.3 Å². The van der Waals surface area contributed by atoms with Crippen molar-refractivity contribution in [2.75, 3.05) is 11.4 Å². The van der Waals surface area contributed by atoms with Gasteiger partial charge >= 0.3 is 5.97 Å². The molecule has 1 aliphatic heterocycles. The first-order chi connectivity index (χ1) is 8.40. The normalized spacial score (nSPS) is 15.3. The number of aryl methyl sites for hydroxylation is 1. The van der Waals surface area contributed by atoms with Crippen molar-refractivity contribution < 1.29 is 19.5 Å². The summed E-state index contributed by atoms with van der Waals surface area (Å²) in [5, 5.41) is 9.43. The fourth-order valence-electron chi connectivity index (χ4n) is 2.05. The van der Waals surface area contributed by atoms with E-state index < -0.39 is 5.97 Å². The van der Waals surface area contributed by atoms with Crippen molar-refractivity contribution >= 4 is 34.9 Å². The molecule has 0 radical (unpaired) electrons. The number of carboxylic acid groups (broad SMARTS) is 1. The van der Waals surface area contributed by atoms with Crippen LogP contribution in [0.2, 0.25) is 5.02 Å². The van der Waals surface area contributed by atoms with Crippen molar-refractivity contribution in [3.63, 3.8) is 0 Å². The van der Waals surface area contributed by atoms with Crippen molar-refractivity contribution in [1.82, 2.24) is 0 Å². The van der Waals surface area contributed by atoms with Crippen LogP contribution in [-0.4, -0.2) is 29.3 Å². The maximum atomic E-state index is 11.7. The standard InChI is InChI=1S/C12H10ClNO4/c1-6-2-7(13)3-9(12(17)18)11(6)14-5-8(15)4-10(14)16/h2-3H,4-5H2,1H3,(H,17,18).